The van der Waals surface area contributed by atoms with Gasteiger partial charge in [-0.15, -0.1) is 0 Å². The Morgan fingerprint density at radius 2 is 1.92 bits per heavy atom. The molecule has 2 unspecified atom stereocenters. The molecule has 1 aromatic rings. The maximum Gasteiger partial charge on any atom is 0.129 e. The van der Waals surface area contributed by atoms with Gasteiger partial charge in [-0.2, -0.15) is 0 Å². The minimum Gasteiger partial charge on any atom is -0.207 e. The Kier molecular flexibility index (Phi) is 1.86. The van der Waals surface area contributed by atoms with Crippen LogP contribution >= 0.6 is 0 Å². The highest BCUT2D eigenvalue weighted by Gasteiger charge is 2.28. The van der Waals surface area contributed by atoms with E-state index in [1.807, 2.05) is 6.92 Å². The van der Waals surface area contributed by atoms with Gasteiger partial charge in [0.05, 0.1) is 0 Å². The molecule has 0 aromatic heterocycles. The summed E-state index contributed by atoms with van der Waals surface area (Å²) in [6.07, 6.45) is 0.739. The normalized spacial score (nSPS) is 26.2. The van der Waals surface area contributed by atoms with E-state index in [-0.39, 0.29) is 11.7 Å². The number of hydrogen-bond donors (Lipinski definition) is 0. The van der Waals surface area contributed by atoms with Crippen LogP contribution in [-0.4, -0.2) is 0 Å². The lowest BCUT2D eigenvalue weighted by atomic mass is 9.97. The van der Waals surface area contributed by atoms with Crippen molar-refractivity contribution in [2.24, 2.45) is 5.92 Å². The van der Waals surface area contributed by atoms with E-state index >= 15 is 0 Å². The number of halogens is 2. The van der Waals surface area contributed by atoms with Crippen molar-refractivity contribution in [1.29, 1.82) is 0 Å². The summed E-state index contributed by atoms with van der Waals surface area (Å²) < 4.78 is 26.1. The lowest BCUT2D eigenvalue weighted by Gasteiger charge is -2.08. The van der Waals surface area contributed by atoms with E-state index in [0.717, 1.165) is 18.1 Å². The predicted octanol–water partition coefficient (Wildman–Crippen LogP) is 3.26. The second-order valence-corrected chi connectivity index (χ2v) is 3.93. The van der Waals surface area contributed by atoms with Gasteiger partial charge in [0.1, 0.15) is 11.6 Å². The highest BCUT2D eigenvalue weighted by atomic mass is 19.1. The first kappa shape index (κ1) is 8.67. The van der Waals surface area contributed by atoms with Crippen molar-refractivity contribution < 1.29 is 8.78 Å². The van der Waals surface area contributed by atoms with Crippen molar-refractivity contribution in [2.75, 3.05) is 0 Å². The van der Waals surface area contributed by atoms with E-state index in [0.29, 0.717) is 11.5 Å². The molecule has 0 spiro atoms. The molecule has 13 heavy (non-hydrogen) atoms. The van der Waals surface area contributed by atoms with E-state index in [1.165, 1.54) is 6.07 Å². The molecule has 0 N–H and O–H groups in total. The fourth-order valence-corrected chi connectivity index (χ4v) is 2.05. The van der Waals surface area contributed by atoms with Gasteiger partial charge in [0, 0.05) is 6.07 Å². The van der Waals surface area contributed by atoms with Crippen LogP contribution in [0.1, 0.15) is 30.9 Å². The SMILES string of the molecule is CC1Cc2c(F)cc(F)cc2C1C. The van der Waals surface area contributed by atoms with Crippen LogP contribution < -0.4 is 0 Å². The van der Waals surface area contributed by atoms with Gasteiger partial charge in [-0.1, -0.05) is 13.8 Å². The van der Waals surface area contributed by atoms with Gasteiger partial charge in [0.2, 0.25) is 0 Å². The lowest BCUT2D eigenvalue weighted by Crippen LogP contribution is -1.97. The summed E-state index contributed by atoms with van der Waals surface area (Å²) in [6, 6.07) is 2.44. The third-order valence-corrected chi connectivity index (χ3v) is 3.06. The summed E-state index contributed by atoms with van der Waals surface area (Å²) in [4.78, 5) is 0. The average molecular weight is 182 g/mol. The zero-order valence-corrected chi connectivity index (χ0v) is 7.77. The number of fused-ring (bicyclic) bond motifs is 1. The summed E-state index contributed by atoms with van der Waals surface area (Å²) in [6.45, 7) is 4.09. The van der Waals surface area contributed by atoms with Crippen LogP contribution in [0.3, 0.4) is 0 Å². The van der Waals surface area contributed by atoms with Gasteiger partial charge in [-0.05, 0) is 35.4 Å². The van der Waals surface area contributed by atoms with Gasteiger partial charge in [0.15, 0.2) is 0 Å². The Morgan fingerprint density at radius 3 is 2.62 bits per heavy atom. The highest BCUT2D eigenvalue weighted by molar-refractivity contribution is 5.37. The van der Waals surface area contributed by atoms with E-state index in [2.05, 4.69) is 6.92 Å². The van der Waals surface area contributed by atoms with Crippen LogP contribution in [0.2, 0.25) is 0 Å². The van der Waals surface area contributed by atoms with Crippen LogP contribution in [0.5, 0.6) is 0 Å². The maximum absolute atomic E-state index is 13.3. The molecule has 2 heteroatoms. The molecule has 1 aliphatic carbocycles. The molecule has 0 radical (unpaired) electrons. The van der Waals surface area contributed by atoms with Crippen LogP contribution in [-0.2, 0) is 6.42 Å². The van der Waals surface area contributed by atoms with Crippen LogP contribution in [0, 0.1) is 17.6 Å². The maximum atomic E-state index is 13.3. The van der Waals surface area contributed by atoms with Gasteiger partial charge in [0.25, 0.3) is 0 Å². The third-order valence-electron chi connectivity index (χ3n) is 3.06. The monoisotopic (exact) mass is 182 g/mol. The molecule has 0 saturated heterocycles. The number of benzene rings is 1. The first-order valence-corrected chi connectivity index (χ1v) is 4.57. The first-order valence-electron chi connectivity index (χ1n) is 4.57. The number of hydrogen-bond acceptors (Lipinski definition) is 0. The molecule has 2 rings (SSSR count). The molecule has 0 bridgehead atoms. The molecule has 0 aliphatic heterocycles. The molecular formula is C11H12F2. The van der Waals surface area contributed by atoms with E-state index < -0.39 is 5.82 Å². The molecule has 0 nitrogen and oxygen atoms in total. The zero-order valence-electron chi connectivity index (χ0n) is 7.77. The van der Waals surface area contributed by atoms with E-state index in [1.54, 1.807) is 0 Å². The Balaban J connectivity index is 2.57. The second kappa shape index (κ2) is 2.79. The summed E-state index contributed by atoms with van der Waals surface area (Å²) in [5.74, 6) is -0.144. The topological polar surface area (TPSA) is 0 Å². The Bertz CT molecular complexity index is 344. The summed E-state index contributed by atoms with van der Waals surface area (Å²) in [5.41, 5.74) is 1.56. The molecule has 2 atom stereocenters. The largest absolute Gasteiger partial charge is 0.207 e. The van der Waals surface area contributed by atoms with Crippen molar-refractivity contribution in [3.05, 3.63) is 34.9 Å². The molecule has 1 aromatic carbocycles. The predicted molar refractivity (Wildman–Crippen MR) is 47.6 cm³/mol. The number of rotatable bonds is 0. The molecular weight excluding hydrogens is 170 g/mol. The van der Waals surface area contributed by atoms with Crippen molar-refractivity contribution >= 4 is 0 Å². The molecule has 70 valence electrons. The van der Waals surface area contributed by atoms with Crippen molar-refractivity contribution in [2.45, 2.75) is 26.2 Å². The van der Waals surface area contributed by atoms with Crippen molar-refractivity contribution in [1.82, 2.24) is 0 Å². The quantitative estimate of drug-likeness (QED) is 0.577. The summed E-state index contributed by atoms with van der Waals surface area (Å²) in [7, 11) is 0. The van der Waals surface area contributed by atoms with Gasteiger partial charge < -0.3 is 0 Å². The summed E-state index contributed by atoms with van der Waals surface area (Å²) >= 11 is 0. The van der Waals surface area contributed by atoms with Crippen LogP contribution in [0.15, 0.2) is 12.1 Å². The van der Waals surface area contributed by atoms with E-state index in [4.69, 9.17) is 0 Å². The van der Waals surface area contributed by atoms with Crippen molar-refractivity contribution in [3.63, 3.8) is 0 Å². The molecule has 0 saturated carbocycles. The van der Waals surface area contributed by atoms with Crippen LogP contribution in [0.4, 0.5) is 8.78 Å². The van der Waals surface area contributed by atoms with E-state index in [9.17, 15) is 8.78 Å². The average Bonchev–Trinajstić information content (AvgIpc) is 2.32. The first-order chi connectivity index (χ1) is 6.09. The molecule has 0 amide bonds. The Labute approximate surface area is 76.6 Å². The second-order valence-electron chi connectivity index (χ2n) is 3.93. The van der Waals surface area contributed by atoms with Gasteiger partial charge in [-0.3, -0.25) is 0 Å². The highest BCUT2D eigenvalue weighted by Crippen LogP contribution is 2.38. The smallest absolute Gasteiger partial charge is 0.129 e. The molecule has 0 heterocycles. The minimum absolute atomic E-state index is 0.278. The van der Waals surface area contributed by atoms with Gasteiger partial charge >= 0.3 is 0 Å². The zero-order chi connectivity index (χ0) is 9.59. The fraction of sp³-hybridized carbons (Fsp3) is 0.455. The minimum atomic E-state index is -0.461. The summed E-state index contributed by atoms with van der Waals surface area (Å²) in [5, 5.41) is 0. The van der Waals surface area contributed by atoms with Gasteiger partial charge in [-0.25, -0.2) is 8.78 Å². The standard InChI is InChI=1S/C11H12F2/c1-6-3-10-9(7(6)2)4-8(12)5-11(10)13/h4-7H,3H2,1-2H3. The molecule has 0 fully saturated rings. The fourth-order valence-electron chi connectivity index (χ4n) is 2.05. The Hall–Kier alpha value is -0.920. The lowest BCUT2D eigenvalue weighted by molar-refractivity contribution is 0.526. The van der Waals surface area contributed by atoms with Crippen molar-refractivity contribution in [3.8, 4) is 0 Å². The molecule has 1 aliphatic rings. The Morgan fingerprint density at radius 1 is 1.23 bits per heavy atom. The third kappa shape index (κ3) is 1.25. The van der Waals surface area contributed by atoms with Crippen LogP contribution in [0.25, 0.3) is 0 Å².